The van der Waals surface area contributed by atoms with Crippen LogP contribution in [0, 0.1) is 0 Å². The fourth-order valence-corrected chi connectivity index (χ4v) is 3.01. The third kappa shape index (κ3) is 5.96. The van der Waals surface area contributed by atoms with E-state index in [4.69, 9.17) is 4.74 Å². The molecule has 5 heteroatoms. The van der Waals surface area contributed by atoms with Crippen molar-refractivity contribution in [3.8, 4) is 0 Å². The molecule has 0 aromatic heterocycles. The van der Waals surface area contributed by atoms with Gasteiger partial charge >= 0.3 is 0 Å². The third-order valence-electron chi connectivity index (χ3n) is 4.39. The third-order valence-corrected chi connectivity index (χ3v) is 4.39. The number of benzene rings is 1. The Kier molecular flexibility index (Phi) is 7.75. The average molecular weight is 332 g/mol. The van der Waals surface area contributed by atoms with Gasteiger partial charge in [-0.05, 0) is 37.5 Å². The first-order valence-corrected chi connectivity index (χ1v) is 8.89. The normalized spacial score (nSPS) is 15.5. The summed E-state index contributed by atoms with van der Waals surface area (Å²) in [5.41, 5.74) is 1.06. The molecule has 0 heterocycles. The first-order valence-electron chi connectivity index (χ1n) is 8.89. The van der Waals surface area contributed by atoms with Gasteiger partial charge in [0.1, 0.15) is 0 Å². The molecule has 0 bridgehead atoms. The van der Waals surface area contributed by atoms with Crippen molar-refractivity contribution in [2.45, 2.75) is 51.0 Å². The number of ether oxygens (including phenoxy) is 1. The molecule has 0 unspecified atom stereocenters. The van der Waals surface area contributed by atoms with Crippen LogP contribution in [0.15, 0.2) is 24.3 Å². The van der Waals surface area contributed by atoms with Gasteiger partial charge in [-0.1, -0.05) is 31.7 Å². The Morgan fingerprint density at radius 2 is 1.75 bits per heavy atom. The lowest BCUT2D eigenvalue weighted by Crippen LogP contribution is -2.34. The summed E-state index contributed by atoms with van der Waals surface area (Å²) in [6, 6.07) is 7.16. The van der Waals surface area contributed by atoms with Crippen LogP contribution in [-0.4, -0.2) is 38.1 Å². The second kappa shape index (κ2) is 10.1. The van der Waals surface area contributed by atoms with Crippen molar-refractivity contribution in [2.24, 2.45) is 0 Å². The lowest BCUT2D eigenvalue weighted by molar-refractivity contribution is 0.0933. The minimum absolute atomic E-state index is 0.0871. The van der Waals surface area contributed by atoms with Crippen molar-refractivity contribution >= 4 is 11.8 Å². The summed E-state index contributed by atoms with van der Waals surface area (Å²) >= 11 is 0. The number of methoxy groups -OCH3 is 1. The van der Waals surface area contributed by atoms with Crippen LogP contribution in [0.1, 0.15) is 65.7 Å². The van der Waals surface area contributed by atoms with Crippen molar-refractivity contribution in [1.29, 1.82) is 0 Å². The van der Waals surface area contributed by atoms with Gasteiger partial charge in [0.2, 0.25) is 0 Å². The zero-order chi connectivity index (χ0) is 17.2. The van der Waals surface area contributed by atoms with Crippen LogP contribution in [0.5, 0.6) is 0 Å². The molecule has 0 radical (unpaired) electrons. The summed E-state index contributed by atoms with van der Waals surface area (Å²) in [6.07, 6.45) is 7.72. The van der Waals surface area contributed by atoms with Gasteiger partial charge in [-0.25, -0.2) is 0 Å². The summed E-state index contributed by atoms with van der Waals surface area (Å²) in [7, 11) is 1.64. The zero-order valence-corrected chi connectivity index (χ0v) is 14.5. The largest absolute Gasteiger partial charge is 0.385 e. The SMILES string of the molecule is COCCCNC(=O)c1cccc(C(=O)NC2CCCCCC2)c1. The van der Waals surface area contributed by atoms with E-state index in [1.807, 2.05) is 0 Å². The number of carbonyl (C=O) groups excluding carboxylic acids is 2. The molecule has 1 aliphatic rings. The van der Waals surface area contributed by atoms with Crippen LogP contribution >= 0.6 is 0 Å². The van der Waals surface area contributed by atoms with E-state index in [0.29, 0.717) is 24.3 Å². The van der Waals surface area contributed by atoms with E-state index in [-0.39, 0.29) is 17.9 Å². The molecular formula is C19H28N2O3. The minimum Gasteiger partial charge on any atom is -0.385 e. The van der Waals surface area contributed by atoms with Crippen molar-refractivity contribution in [3.63, 3.8) is 0 Å². The maximum absolute atomic E-state index is 12.4. The molecule has 0 spiro atoms. The maximum Gasteiger partial charge on any atom is 0.251 e. The summed E-state index contributed by atoms with van der Waals surface area (Å²) in [4.78, 5) is 24.6. The first kappa shape index (κ1) is 18.5. The van der Waals surface area contributed by atoms with E-state index in [2.05, 4.69) is 10.6 Å². The maximum atomic E-state index is 12.4. The van der Waals surface area contributed by atoms with Crippen molar-refractivity contribution in [2.75, 3.05) is 20.3 Å². The predicted octanol–water partition coefficient (Wildman–Crippen LogP) is 2.91. The molecule has 2 amide bonds. The van der Waals surface area contributed by atoms with E-state index in [1.165, 1.54) is 25.7 Å². The molecule has 1 saturated carbocycles. The van der Waals surface area contributed by atoms with E-state index < -0.39 is 0 Å². The molecular weight excluding hydrogens is 304 g/mol. The van der Waals surface area contributed by atoms with E-state index in [9.17, 15) is 9.59 Å². The number of rotatable bonds is 7. The molecule has 1 aromatic rings. The van der Waals surface area contributed by atoms with Gasteiger partial charge in [-0.15, -0.1) is 0 Å². The van der Waals surface area contributed by atoms with Crippen molar-refractivity contribution in [1.82, 2.24) is 10.6 Å². The van der Waals surface area contributed by atoms with Gasteiger partial charge in [0.15, 0.2) is 0 Å². The monoisotopic (exact) mass is 332 g/mol. The van der Waals surface area contributed by atoms with E-state index in [1.54, 1.807) is 31.4 Å². The molecule has 0 aliphatic heterocycles. The number of nitrogens with one attached hydrogen (secondary N) is 2. The minimum atomic E-state index is -0.157. The number of hydrogen-bond donors (Lipinski definition) is 2. The second-order valence-corrected chi connectivity index (χ2v) is 6.35. The number of hydrogen-bond acceptors (Lipinski definition) is 3. The molecule has 0 atom stereocenters. The Morgan fingerprint density at radius 1 is 1.08 bits per heavy atom. The Balaban J connectivity index is 1.90. The van der Waals surface area contributed by atoms with Gasteiger partial charge in [0.05, 0.1) is 0 Å². The number of carbonyl (C=O) groups is 2. The van der Waals surface area contributed by atoms with Gasteiger partial charge in [0.25, 0.3) is 11.8 Å². The highest BCUT2D eigenvalue weighted by molar-refractivity contribution is 5.99. The highest BCUT2D eigenvalue weighted by Crippen LogP contribution is 2.17. The predicted molar refractivity (Wildman–Crippen MR) is 94.2 cm³/mol. The van der Waals surface area contributed by atoms with E-state index >= 15 is 0 Å². The van der Waals surface area contributed by atoms with Gasteiger partial charge in [-0.3, -0.25) is 9.59 Å². The second-order valence-electron chi connectivity index (χ2n) is 6.35. The molecule has 1 fully saturated rings. The zero-order valence-electron chi connectivity index (χ0n) is 14.5. The number of amides is 2. The van der Waals surface area contributed by atoms with Crippen LogP contribution in [0.4, 0.5) is 0 Å². The standard InChI is InChI=1S/C19H28N2O3/c1-24-13-7-12-20-18(22)15-8-6-9-16(14-15)19(23)21-17-10-4-2-3-5-11-17/h6,8-9,14,17H,2-5,7,10-13H2,1H3,(H,20,22)(H,21,23). The smallest absolute Gasteiger partial charge is 0.251 e. The van der Waals surface area contributed by atoms with Crippen molar-refractivity contribution < 1.29 is 14.3 Å². The molecule has 24 heavy (non-hydrogen) atoms. The Hall–Kier alpha value is -1.88. The molecule has 2 rings (SSSR count). The van der Waals surface area contributed by atoms with Crippen LogP contribution in [0.3, 0.4) is 0 Å². The molecule has 5 nitrogen and oxygen atoms in total. The Morgan fingerprint density at radius 3 is 2.42 bits per heavy atom. The van der Waals surface area contributed by atoms with E-state index in [0.717, 1.165) is 19.3 Å². The summed E-state index contributed by atoms with van der Waals surface area (Å²) in [5, 5.41) is 5.95. The highest BCUT2D eigenvalue weighted by atomic mass is 16.5. The van der Waals surface area contributed by atoms with Crippen LogP contribution in [-0.2, 0) is 4.74 Å². The summed E-state index contributed by atoms with van der Waals surface area (Å²) in [6.45, 7) is 1.18. The van der Waals surface area contributed by atoms with Crippen LogP contribution in [0.2, 0.25) is 0 Å². The molecule has 1 aromatic carbocycles. The topological polar surface area (TPSA) is 67.4 Å². The average Bonchev–Trinajstić information content (AvgIpc) is 2.87. The molecule has 0 saturated heterocycles. The molecule has 2 N–H and O–H groups in total. The lowest BCUT2D eigenvalue weighted by atomic mass is 10.1. The first-order chi connectivity index (χ1) is 11.7. The van der Waals surface area contributed by atoms with Crippen LogP contribution in [0.25, 0.3) is 0 Å². The Bertz CT molecular complexity index is 537. The quantitative estimate of drug-likeness (QED) is 0.596. The van der Waals surface area contributed by atoms with Gasteiger partial charge in [0, 0.05) is 37.4 Å². The van der Waals surface area contributed by atoms with Crippen LogP contribution < -0.4 is 10.6 Å². The molecule has 132 valence electrons. The van der Waals surface area contributed by atoms with Gasteiger partial charge in [-0.2, -0.15) is 0 Å². The summed E-state index contributed by atoms with van der Waals surface area (Å²) < 4.78 is 4.96. The molecule has 1 aliphatic carbocycles. The lowest BCUT2D eigenvalue weighted by Gasteiger charge is -2.16. The van der Waals surface area contributed by atoms with Crippen molar-refractivity contribution in [3.05, 3.63) is 35.4 Å². The Labute approximate surface area is 144 Å². The van der Waals surface area contributed by atoms with Gasteiger partial charge < -0.3 is 15.4 Å². The highest BCUT2D eigenvalue weighted by Gasteiger charge is 2.16. The summed E-state index contributed by atoms with van der Waals surface area (Å²) in [5.74, 6) is -0.244. The fourth-order valence-electron chi connectivity index (χ4n) is 3.01. The fraction of sp³-hybridized carbons (Fsp3) is 0.579.